The molecular weight excluding hydrogens is 312 g/mol. The van der Waals surface area contributed by atoms with Gasteiger partial charge in [-0.1, -0.05) is 6.07 Å². The van der Waals surface area contributed by atoms with Gasteiger partial charge in [0, 0.05) is 51.2 Å². The summed E-state index contributed by atoms with van der Waals surface area (Å²) in [6.45, 7) is 5.88. The Morgan fingerprint density at radius 3 is 2.24 bits per heavy atom. The summed E-state index contributed by atoms with van der Waals surface area (Å²) in [6.07, 6.45) is 5.70. The number of phenolic OH excluding ortho intramolecular Hbond substituents is 1. The second-order valence-corrected chi connectivity index (χ2v) is 6.88. The van der Waals surface area contributed by atoms with Crippen molar-refractivity contribution in [1.82, 2.24) is 4.98 Å². The SMILES string of the molecule is Oc1ccc(N2CCCCC2)cc1N1CCN(c2ccccn2)CC1. The molecular formula is C20H26N4O. The lowest BCUT2D eigenvalue weighted by Gasteiger charge is -2.37. The Morgan fingerprint density at radius 1 is 0.760 bits per heavy atom. The molecule has 0 atom stereocenters. The average Bonchev–Trinajstić information content (AvgIpc) is 2.70. The molecule has 132 valence electrons. The van der Waals surface area contributed by atoms with Gasteiger partial charge in [-0.05, 0) is 49.6 Å². The van der Waals surface area contributed by atoms with E-state index in [-0.39, 0.29) is 0 Å². The molecule has 0 aliphatic carbocycles. The zero-order chi connectivity index (χ0) is 17.1. The van der Waals surface area contributed by atoms with E-state index >= 15 is 0 Å². The Morgan fingerprint density at radius 2 is 1.52 bits per heavy atom. The zero-order valence-electron chi connectivity index (χ0n) is 14.6. The lowest BCUT2D eigenvalue weighted by molar-refractivity contribution is 0.472. The quantitative estimate of drug-likeness (QED) is 0.931. The predicted octanol–water partition coefficient (Wildman–Crippen LogP) is 3.10. The molecule has 2 fully saturated rings. The Hall–Kier alpha value is -2.43. The third-order valence-corrected chi connectivity index (χ3v) is 5.27. The van der Waals surface area contributed by atoms with Gasteiger partial charge in [0.25, 0.3) is 0 Å². The summed E-state index contributed by atoms with van der Waals surface area (Å²) in [5.74, 6) is 1.42. The highest BCUT2D eigenvalue weighted by molar-refractivity contribution is 5.67. The van der Waals surface area contributed by atoms with Crippen LogP contribution in [-0.4, -0.2) is 49.4 Å². The standard InChI is InChI=1S/C20H26N4O/c25-19-8-7-17(22-10-4-1-5-11-22)16-18(19)23-12-14-24(15-13-23)20-6-2-3-9-21-20/h2-3,6-9,16,25H,1,4-5,10-15H2. The highest BCUT2D eigenvalue weighted by Gasteiger charge is 2.21. The number of piperidine rings is 1. The van der Waals surface area contributed by atoms with E-state index in [2.05, 4.69) is 31.8 Å². The van der Waals surface area contributed by atoms with Gasteiger partial charge in [0.05, 0.1) is 5.69 Å². The fraction of sp³-hybridized carbons (Fsp3) is 0.450. The summed E-state index contributed by atoms with van der Waals surface area (Å²) in [6, 6.07) is 12.1. The number of aromatic nitrogens is 1. The van der Waals surface area contributed by atoms with Gasteiger partial charge in [-0.25, -0.2) is 4.98 Å². The maximum absolute atomic E-state index is 10.4. The minimum absolute atomic E-state index is 0.382. The predicted molar refractivity (Wildman–Crippen MR) is 103 cm³/mol. The number of aromatic hydroxyl groups is 1. The Kier molecular flexibility index (Phi) is 4.63. The summed E-state index contributed by atoms with van der Waals surface area (Å²) in [4.78, 5) is 11.5. The molecule has 1 N–H and O–H groups in total. The average molecular weight is 338 g/mol. The van der Waals surface area contributed by atoms with Crippen molar-refractivity contribution in [2.24, 2.45) is 0 Å². The summed E-state index contributed by atoms with van der Waals surface area (Å²) in [5.41, 5.74) is 2.20. The van der Waals surface area contributed by atoms with E-state index in [9.17, 15) is 5.11 Å². The summed E-state index contributed by atoms with van der Waals surface area (Å²) in [7, 11) is 0. The number of benzene rings is 1. The van der Waals surface area contributed by atoms with E-state index in [1.54, 1.807) is 0 Å². The van der Waals surface area contributed by atoms with Crippen LogP contribution in [0.15, 0.2) is 42.6 Å². The lowest BCUT2D eigenvalue weighted by Crippen LogP contribution is -2.46. The number of nitrogens with zero attached hydrogens (tertiary/aromatic N) is 4. The fourth-order valence-corrected chi connectivity index (χ4v) is 3.83. The number of piperazine rings is 1. The molecule has 25 heavy (non-hydrogen) atoms. The van der Waals surface area contributed by atoms with Crippen LogP contribution in [-0.2, 0) is 0 Å². The number of rotatable bonds is 3. The van der Waals surface area contributed by atoms with E-state index in [1.807, 2.05) is 30.5 Å². The second-order valence-electron chi connectivity index (χ2n) is 6.88. The van der Waals surface area contributed by atoms with E-state index < -0.39 is 0 Å². The molecule has 2 aliphatic heterocycles. The van der Waals surface area contributed by atoms with Gasteiger partial charge < -0.3 is 19.8 Å². The molecule has 5 heteroatoms. The second kappa shape index (κ2) is 7.21. The first-order valence-electron chi connectivity index (χ1n) is 9.30. The van der Waals surface area contributed by atoms with Crippen LogP contribution in [0.25, 0.3) is 0 Å². The molecule has 0 saturated carbocycles. The van der Waals surface area contributed by atoms with Crippen molar-refractivity contribution >= 4 is 17.2 Å². The Bertz CT molecular complexity index is 692. The lowest BCUT2D eigenvalue weighted by atomic mass is 10.1. The monoisotopic (exact) mass is 338 g/mol. The van der Waals surface area contributed by atoms with E-state index in [0.29, 0.717) is 5.75 Å². The van der Waals surface area contributed by atoms with E-state index in [1.165, 1.54) is 24.9 Å². The van der Waals surface area contributed by atoms with Crippen molar-refractivity contribution in [3.8, 4) is 5.75 Å². The van der Waals surface area contributed by atoms with Gasteiger partial charge in [0.1, 0.15) is 11.6 Å². The van der Waals surface area contributed by atoms with Gasteiger partial charge in [0.2, 0.25) is 0 Å². The molecule has 0 unspecified atom stereocenters. The van der Waals surface area contributed by atoms with Gasteiger partial charge in [-0.15, -0.1) is 0 Å². The van der Waals surface area contributed by atoms with Crippen molar-refractivity contribution in [2.45, 2.75) is 19.3 Å². The summed E-state index contributed by atoms with van der Waals surface area (Å²) >= 11 is 0. The van der Waals surface area contributed by atoms with Crippen LogP contribution in [0.3, 0.4) is 0 Å². The van der Waals surface area contributed by atoms with Crippen molar-refractivity contribution in [3.05, 3.63) is 42.6 Å². The molecule has 0 radical (unpaired) electrons. The van der Waals surface area contributed by atoms with Crippen LogP contribution >= 0.6 is 0 Å². The molecule has 2 saturated heterocycles. The van der Waals surface area contributed by atoms with Crippen molar-refractivity contribution in [2.75, 3.05) is 54.0 Å². The maximum atomic E-state index is 10.4. The van der Waals surface area contributed by atoms with Crippen LogP contribution in [0.5, 0.6) is 5.75 Å². The Balaban J connectivity index is 1.47. The highest BCUT2D eigenvalue weighted by atomic mass is 16.3. The smallest absolute Gasteiger partial charge is 0.139 e. The Labute approximate surface area is 149 Å². The van der Waals surface area contributed by atoms with Crippen LogP contribution in [0.2, 0.25) is 0 Å². The molecule has 5 nitrogen and oxygen atoms in total. The van der Waals surface area contributed by atoms with Crippen molar-refractivity contribution in [1.29, 1.82) is 0 Å². The first-order chi connectivity index (χ1) is 12.3. The summed E-state index contributed by atoms with van der Waals surface area (Å²) < 4.78 is 0. The van der Waals surface area contributed by atoms with Crippen molar-refractivity contribution in [3.63, 3.8) is 0 Å². The molecule has 0 bridgehead atoms. The molecule has 2 aliphatic rings. The number of hydrogen-bond donors (Lipinski definition) is 1. The minimum Gasteiger partial charge on any atom is -0.506 e. The molecule has 1 aromatic heterocycles. The molecule has 0 amide bonds. The largest absolute Gasteiger partial charge is 0.506 e. The zero-order valence-corrected chi connectivity index (χ0v) is 14.6. The van der Waals surface area contributed by atoms with Gasteiger partial charge in [-0.3, -0.25) is 0 Å². The highest BCUT2D eigenvalue weighted by Crippen LogP contribution is 2.33. The topological polar surface area (TPSA) is 42.8 Å². The third kappa shape index (κ3) is 3.50. The molecule has 4 rings (SSSR count). The van der Waals surface area contributed by atoms with Crippen LogP contribution < -0.4 is 14.7 Å². The maximum Gasteiger partial charge on any atom is 0.139 e. The first kappa shape index (κ1) is 16.1. The molecule has 0 spiro atoms. The summed E-state index contributed by atoms with van der Waals surface area (Å²) in [5, 5.41) is 10.4. The number of anilines is 3. The van der Waals surface area contributed by atoms with Gasteiger partial charge >= 0.3 is 0 Å². The van der Waals surface area contributed by atoms with Crippen molar-refractivity contribution < 1.29 is 5.11 Å². The van der Waals surface area contributed by atoms with Crippen LogP contribution in [0, 0.1) is 0 Å². The number of hydrogen-bond acceptors (Lipinski definition) is 5. The third-order valence-electron chi connectivity index (χ3n) is 5.27. The fourth-order valence-electron chi connectivity index (χ4n) is 3.83. The van der Waals surface area contributed by atoms with Crippen LogP contribution in [0.4, 0.5) is 17.2 Å². The molecule has 1 aromatic carbocycles. The molecule has 2 aromatic rings. The number of pyridine rings is 1. The number of phenols is 1. The van der Waals surface area contributed by atoms with Crippen LogP contribution in [0.1, 0.15) is 19.3 Å². The van der Waals surface area contributed by atoms with Gasteiger partial charge in [0.15, 0.2) is 0 Å². The minimum atomic E-state index is 0.382. The van der Waals surface area contributed by atoms with Gasteiger partial charge in [-0.2, -0.15) is 0 Å². The normalized spacial score (nSPS) is 18.5. The first-order valence-corrected chi connectivity index (χ1v) is 9.30. The van der Waals surface area contributed by atoms with E-state index in [0.717, 1.165) is 50.8 Å². The van der Waals surface area contributed by atoms with E-state index in [4.69, 9.17) is 0 Å². The molecule has 3 heterocycles.